The molecular weight excluding hydrogens is 302 g/mol. The van der Waals surface area contributed by atoms with E-state index in [1.807, 2.05) is 68.4 Å². The van der Waals surface area contributed by atoms with E-state index in [4.69, 9.17) is 4.74 Å². The fourth-order valence-corrected chi connectivity index (χ4v) is 2.50. The molecule has 0 spiro atoms. The first-order valence-electron chi connectivity index (χ1n) is 7.74. The van der Waals surface area contributed by atoms with Crippen molar-refractivity contribution in [3.8, 4) is 16.9 Å². The van der Waals surface area contributed by atoms with Crippen LogP contribution in [0.25, 0.3) is 11.1 Å². The van der Waals surface area contributed by atoms with Crippen molar-refractivity contribution < 1.29 is 9.53 Å². The number of aryl methyl sites for hydroxylation is 2. The maximum Gasteiger partial charge on any atom is 0.262 e. The van der Waals surface area contributed by atoms with Crippen LogP contribution in [0.1, 0.15) is 11.4 Å². The number of hydrogen-bond donors (Lipinski definition) is 2. The number of carbonyl (C=O) groups excluding carboxylic acids is 1. The van der Waals surface area contributed by atoms with E-state index in [1.165, 1.54) is 0 Å². The summed E-state index contributed by atoms with van der Waals surface area (Å²) in [6.07, 6.45) is 0. The first-order chi connectivity index (χ1) is 11.6. The largest absolute Gasteiger partial charge is 0.483 e. The Bertz CT molecular complexity index is 821. The summed E-state index contributed by atoms with van der Waals surface area (Å²) in [6.45, 7) is 3.64. The van der Waals surface area contributed by atoms with Crippen molar-refractivity contribution in [3.05, 3.63) is 66.0 Å². The molecule has 0 bridgehead atoms. The smallest absolute Gasteiger partial charge is 0.262 e. The zero-order valence-electron chi connectivity index (χ0n) is 13.7. The van der Waals surface area contributed by atoms with Crippen LogP contribution in [0.3, 0.4) is 0 Å². The van der Waals surface area contributed by atoms with E-state index in [0.29, 0.717) is 11.4 Å². The molecule has 5 nitrogen and oxygen atoms in total. The van der Waals surface area contributed by atoms with Crippen molar-refractivity contribution in [2.45, 2.75) is 13.8 Å². The number of aromatic amines is 1. The van der Waals surface area contributed by atoms with Crippen molar-refractivity contribution >= 4 is 11.6 Å². The molecule has 1 amide bonds. The SMILES string of the molecule is Cc1n[nH]c(C)c1NC(=O)COc1ccccc1-c1ccccc1. The molecule has 2 aromatic carbocycles. The van der Waals surface area contributed by atoms with Crippen molar-refractivity contribution in [2.24, 2.45) is 0 Å². The van der Waals surface area contributed by atoms with Crippen LogP contribution >= 0.6 is 0 Å². The van der Waals surface area contributed by atoms with Crippen LogP contribution in [0.4, 0.5) is 5.69 Å². The van der Waals surface area contributed by atoms with Crippen LogP contribution in [0.5, 0.6) is 5.75 Å². The Hall–Kier alpha value is -3.08. The van der Waals surface area contributed by atoms with E-state index in [2.05, 4.69) is 15.5 Å². The summed E-state index contributed by atoms with van der Waals surface area (Å²) in [7, 11) is 0. The molecule has 0 unspecified atom stereocenters. The number of ether oxygens (including phenoxy) is 1. The number of nitrogens with zero attached hydrogens (tertiary/aromatic N) is 1. The molecule has 5 heteroatoms. The summed E-state index contributed by atoms with van der Waals surface area (Å²) >= 11 is 0. The minimum Gasteiger partial charge on any atom is -0.483 e. The second-order valence-corrected chi connectivity index (χ2v) is 5.51. The van der Waals surface area contributed by atoms with Gasteiger partial charge < -0.3 is 10.1 Å². The molecule has 0 saturated carbocycles. The third-order valence-electron chi connectivity index (χ3n) is 3.72. The van der Waals surface area contributed by atoms with E-state index >= 15 is 0 Å². The third kappa shape index (κ3) is 3.46. The van der Waals surface area contributed by atoms with E-state index in [1.54, 1.807) is 0 Å². The van der Waals surface area contributed by atoms with Gasteiger partial charge in [0.1, 0.15) is 5.75 Å². The average molecular weight is 321 g/mol. The fraction of sp³-hybridized carbons (Fsp3) is 0.158. The van der Waals surface area contributed by atoms with E-state index in [9.17, 15) is 4.79 Å². The van der Waals surface area contributed by atoms with Gasteiger partial charge in [0.15, 0.2) is 6.61 Å². The van der Waals surface area contributed by atoms with Crippen LogP contribution in [0, 0.1) is 13.8 Å². The summed E-state index contributed by atoms with van der Waals surface area (Å²) in [5.41, 5.74) is 4.30. The summed E-state index contributed by atoms with van der Waals surface area (Å²) in [5, 5.41) is 9.73. The summed E-state index contributed by atoms with van der Waals surface area (Å²) in [5.74, 6) is 0.463. The van der Waals surface area contributed by atoms with E-state index in [-0.39, 0.29) is 12.5 Å². The second-order valence-electron chi connectivity index (χ2n) is 5.51. The first kappa shape index (κ1) is 15.8. The molecule has 122 valence electrons. The minimum atomic E-state index is -0.217. The Balaban J connectivity index is 1.70. The van der Waals surface area contributed by atoms with Crippen molar-refractivity contribution in [1.82, 2.24) is 10.2 Å². The summed E-state index contributed by atoms with van der Waals surface area (Å²) in [6, 6.07) is 17.6. The van der Waals surface area contributed by atoms with E-state index in [0.717, 1.165) is 22.5 Å². The second kappa shape index (κ2) is 7.00. The molecule has 3 rings (SSSR count). The summed E-state index contributed by atoms with van der Waals surface area (Å²) < 4.78 is 5.74. The van der Waals surface area contributed by atoms with Crippen molar-refractivity contribution in [2.75, 3.05) is 11.9 Å². The van der Waals surface area contributed by atoms with Crippen LogP contribution in [0.2, 0.25) is 0 Å². The molecule has 0 saturated heterocycles. The molecule has 1 heterocycles. The Labute approximate surface area is 140 Å². The lowest BCUT2D eigenvalue weighted by molar-refractivity contribution is -0.118. The monoisotopic (exact) mass is 321 g/mol. The van der Waals surface area contributed by atoms with Crippen LogP contribution in [0.15, 0.2) is 54.6 Å². The molecule has 0 radical (unpaired) electrons. The highest BCUT2D eigenvalue weighted by Crippen LogP contribution is 2.29. The number of anilines is 1. The predicted octanol–water partition coefficient (Wildman–Crippen LogP) is 3.71. The lowest BCUT2D eigenvalue weighted by Crippen LogP contribution is -2.21. The lowest BCUT2D eigenvalue weighted by atomic mass is 10.1. The Morgan fingerprint density at radius 3 is 2.50 bits per heavy atom. The van der Waals surface area contributed by atoms with Gasteiger partial charge >= 0.3 is 0 Å². The average Bonchev–Trinajstić information content (AvgIpc) is 2.93. The zero-order chi connectivity index (χ0) is 16.9. The van der Waals surface area contributed by atoms with Crippen molar-refractivity contribution in [3.63, 3.8) is 0 Å². The Kier molecular flexibility index (Phi) is 4.61. The summed E-state index contributed by atoms with van der Waals surface area (Å²) in [4.78, 5) is 12.2. The fourth-order valence-electron chi connectivity index (χ4n) is 2.50. The number of aromatic nitrogens is 2. The van der Waals surface area contributed by atoms with Crippen LogP contribution in [-0.4, -0.2) is 22.7 Å². The topological polar surface area (TPSA) is 67.0 Å². The lowest BCUT2D eigenvalue weighted by Gasteiger charge is -2.12. The van der Waals surface area contributed by atoms with E-state index < -0.39 is 0 Å². The van der Waals surface area contributed by atoms with Gasteiger partial charge in [-0.15, -0.1) is 0 Å². The van der Waals surface area contributed by atoms with Gasteiger partial charge in [-0.05, 0) is 25.5 Å². The first-order valence-corrected chi connectivity index (χ1v) is 7.74. The highest BCUT2D eigenvalue weighted by molar-refractivity contribution is 5.93. The molecule has 0 aliphatic carbocycles. The number of hydrogen-bond acceptors (Lipinski definition) is 3. The minimum absolute atomic E-state index is 0.0616. The molecule has 0 aliphatic rings. The van der Waals surface area contributed by atoms with Gasteiger partial charge in [-0.2, -0.15) is 5.10 Å². The molecule has 2 N–H and O–H groups in total. The van der Waals surface area contributed by atoms with Crippen LogP contribution < -0.4 is 10.1 Å². The molecular formula is C19H19N3O2. The number of amides is 1. The van der Waals surface area contributed by atoms with Gasteiger partial charge in [0, 0.05) is 5.56 Å². The number of H-pyrrole nitrogens is 1. The molecule has 0 atom stereocenters. The zero-order valence-corrected chi connectivity index (χ0v) is 13.7. The van der Waals surface area contributed by atoms with Gasteiger partial charge in [-0.1, -0.05) is 48.5 Å². The molecule has 24 heavy (non-hydrogen) atoms. The van der Waals surface area contributed by atoms with Gasteiger partial charge in [0.05, 0.1) is 17.1 Å². The van der Waals surface area contributed by atoms with Gasteiger partial charge in [0.25, 0.3) is 5.91 Å². The highest BCUT2D eigenvalue weighted by Gasteiger charge is 2.12. The number of rotatable bonds is 5. The predicted molar refractivity (Wildman–Crippen MR) is 94.1 cm³/mol. The van der Waals surface area contributed by atoms with Crippen molar-refractivity contribution in [1.29, 1.82) is 0 Å². The molecule has 1 aromatic heterocycles. The number of benzene rings is 2. The number of carbonyl (C=O) groups is 1. The maximum absolute atomic E-state index is 12.2. The number of para-hydroxylation sites is 1. The highest BCUT2D eigenvalue weighted by atomic mass is 16.5. The number of nitrogens with one attached hydrogen (secondary N) is 2. The maximum atomic E-state index is 12.2. The molecule has 3 aromatic rings. The van der Waals surface area contributed by atoms with Gasteiger partial charge in [0.2, 0.25) is 0 Å². The van der Waals surface area contributed by atoms with Gasteiger partial charge in [-0.3, -0.25) is 9.89 Å². The third-order valence-corrected chi connectivity index (χ3v) is 3.72. The Morgan fingerprint density at radius 2 is 1.79 bits per heavy atom. The molecule has 0 fully saturated rings. The standard InChI is InChI=1S/C19H19N3O2/c1-13-19(14(2)22-21-13)20-18(23)12-24-17-11-7-6-10-16(17)15-8-4-3-5-9-15/h3-11H,12H2,1-2H3,(H,20,23)(H,21,22). The quantitative estimate of drug-likeness (QED) is 0.753. The Morgan fingerprint density at radius 1 is 1.08 bits per heavy atom. The normalized spacial score (nSPS) is 10.4. The van der Waals surface area contributed by atoms with Crippen LogP contribution in [-0.2, 0) is 4.79 Å². The van der Waals surface area contributed by atoms with Gasteiger partial charge in [-0.25, -0.2) is 0 Å². The molecule has 0 aliphatic heterocycles.